The Labute approximate surface area is 102 Å². The molecule has 2 aromatic carbocycles. The van der Waals surface area contributed by atoms with Crippen LogP contribution in [0.5, 0.6) is 0 Å². The Kier molecular flexibility index (Phi) is 3.91. The molecular weight excluding hydrogens is 210 g/mol. The van der Waals surface area contributed by atoms with Gasteiger partial charge in [0.15, 0.2) is 0 Å². The third kappa shape index (κ3) is 3.16. The summed E-state index contributed by atoms with van der Waals surface area (Å²) in [6.07, 6.45) is 0. The number of nitrogens with zero attached hydrogens (tertiary/aromatic N) is 1. The second-order valence-corrected chi connectivity index (χ2v) is 4.03. The summed E-state index contributed by atoms with van der Waals surface area (Å²) >= 11 is 0. The van der Waals surface area contributed by atoms with Crippen LogP contribution in [0.2, 0.25) is 0 Å². The van der Waals surface area contributed by atoms with Crippen LogP contribution in [-0.2, 0) is 11.4 Å². The molecule has 0 aliphatic heterocycles. The van der Waals surface area contributed by atoms with Gasteiger partial charge in [-0.05, 0) is 16.7 Å². The zero-order valence-electron chi connectivity index (χ0n) is 10.3. The zero-order valence-corrected chi connectivity index (χ0v) is 10.3. The molecule has 88 valence electrons. The van der Waals surface area contributed by atoms with Crippen molar-refractivity contribution in [3.8, 4) is 11.1 Å². The van der Waals surface area contributed by atoms with E-state index in [-0.39, 0.29) is 0 Å². The molecular formula is C15H17NO. The number of benzene rings is 2. The smallest absolute Gasteiger partial charge is 0.0575 e. The molecule has 0 N–H and O–H groups in total. The van der Waals surface area contributed by atoms with E-state index in [9.17, 15) is 0 Å². The molecule has 0 amide bonds. The average molecular weight is 227 g/mol. The van der Waals surface area contributed by atoms with Crippen LogP contribution in [0.4, 0.5) is 0 Å². The van der Waals surface area contributed by atoms with Crippen molar-refractivity contribution in [1.29, 1.82) is 0 Å². The first-order valence-electron chi connectivity index (χ1n) is 5.69. The molecule has 2 nitrogen and oxygen atoms in total. The largest absolute Gasteiger partial charge is 0.302 e. The Bertz CT molecular complexity index is 450. The molecule has 2 aromatic rings. The topological polar surface area (TPSA) is 12.5 Å². The van der Waals surface area contributed by atoms with Gasteiger partial charge in [-0.2, -0.15) is 5.06 Å². The van der Waals surface area contributed by atoms with Gasteiger partial charge in [-0.25, -0.2) is 0 Å². The second-order valence-electron chi connectivity index (χ2n) is 4.03. The van der Waals surface area contributed by atoms with Gasteiger partial charge in [-0.1, -0.05) is 54.6 Å². The predicted molar refractivity (Wildman–Crippen MR) is 70.4 cm³/mol. The summed E-state index contributed by atoms with van der Waals surface area (Å²) in [4.78, 5) is 5.10. The Hall–Kier alpha value is -1.64. The summed E-state index contributed by atoms with van der Waals surface area (Å²) < 4.78 is 0. The van der Waals surface area contributed by atoms with Gasteiger partial charge in [-0.3, -0.25) is 0 Å². The molecule has 2 heteroatoms. The van der Waals surface area contributed by atoms with Crippen LogP contribution in [0, 0.1) is 0 Å². The molecule has 0 radical (unpaired) electrons. The number of rotatable bonds is 4. The molecule has 0 saturated heterocycles. The Balaban J connectivity index is 2.13. The van der Waals surface area contributed by atoms with Gasteiger partial charge < -0.3 is 4.84 Å². The SMILES string of the molecule is CON(C)Cc1ccc(-c2ccccc2)cc1. The van der Waals surface area contributed by atoms with E-state index in [1.807, 2.05) is 13.1 Å². The lowest BCUT2D eigenvalue weighted by Crippen LogP contribution is -2.15. The van der Waals surface area contributed by atoms with E-state index in [1.165, 1.54) is 16.7 Å². The molecule has 0 spiro atoms. The fourth-order valence-electron chi connectivity index (χ4n) is 1.75. The number of hydrogen-bond donors (Lipinski definition) is 0. The molecule has 0 saturated carbocycles. The Morgan fingerprint density at radius 1 is 0.882 bits per heavy atom. The molecule has 17 heavy (non-hydrogen) atoms. The highest BCUT2D eigenvalue weighted by atomic mass is 16.7. The maximum absolute atomic E-state index is 5.10. The molecule has 0 fully saturated rings. The van der Waals surface area contributed by atoms with E-state index < -0.39 is 0 Å². The quantitative estimate of drug-likeness (QED) is 0.743. The molecule has 2 rings (SSSR count). The summed E-state index contributed by atoms with van der Waals surface area (Å²) in [5, 5.41) is 1.80. The fourth-order valence-corrected chi connectivity index (χ4v) is 1.75. The Morgan fingerprint density at radius 3 is 2.06 bits per heavy atom. The molecule has 0 atom stereocenters. The van der Waals surface area contributed by atoms with Crippen LogP contribution >= 0.6 is 0 Å². The van der Waals surface area contributed by atoms with Crippen LogP contribution in [0.3, 0.4) is 0 Å². The van der Waals surface area contributed by atoms with E-state index in [0.717, 1.165) is 6.54 Å². The van der Waals surface area contributed by atoms with Crippen molar-refractivity contribution in [3.63, 3.8) is 0 Å². The lowest BCUT2D eigenvalue weighted by atomic mass is 10.0. The molecule has 0 bridgehead atoms. The van der Waals surface area contributed by atoms with Crippen molar-refractivity contribution in [2.75, 3.05) is 14.2 Å². The van der Waals surface area contributed by atoms with E-state index in [4.69, 9.17) is 4.84 Å². The van der Waals surface area contributed by atoms with Crippen LogP contribution in [0.15, 0.2) is 54.6 Å². The van der Waals surface area contributed by atoms with Crippen LogP contribution < -0.4 is 0 Å². The van der Waals surface area contributed by atoms with Crippen molar-refractivity contribution in [2.45, 2.75) is 6.54 Å². The van der Waals surface area contributed by atoms with Crippen molar-refractivity contribution in [2.24, 2.45) is 0 Å². The highest BCUT2D eigenvalue weighted by Crippen LogP contribution is 2.19. The maximum Gasteiger partial charge on any atom is 0.0575 e. The molecule has 0 unspecified atom stereocenters. The van der Waals surface area contributed by atoms with Crippen LogP contribution in [0.1, 0.15) is 5.56 Å². The molecule has 0 aromatic heterocycles. The van der Waals surface area contributed by atoms with Gasteiger partial charge in [0.25, 0.3) is 0 Å². The van der Waals surface area contributed by atoms with Crippen molar-refractivity contribution < 1.29 is 4.84 Å². The highest BCUT2D eigenvalue weighted by Gasteiger charge is 2.00. The lowest BCUT2D eigenvalue weighted by Gasteiger charge is -2.13. The number of hydroxylamine groups is 2. The van der Waals surface area contributed by atoms with Gasteiger partial charge in [0.1, 0.15) is 0 Å². The van der Waals surface area contributed by atoms with E-state index in [0.29, 0.717) is 0 Å². The van der Waals surface area contributed by atoms with Gasteiger partial charge in [-0.15, -0.1) is 0 Å². The van der Waals surface area contributed by atoms with E-state index in [1.54, 1.807) is 12.2 Å². The minimum Gasteiger partial charge on any atom is -0.302 e. The summed E-state index contributed by atoms with van der Waals surface area (Å²) in [6, 6.07) is 19.0. The zero-order chi connectivity index (χ0) is 12.1. The van der Waals surface area contributed by atoms with Gasteiger partial charge >= 0.3 is 0 Å². The van der Waals surface area contributed by atoms with Gasteiger partial charge in [0.05, 0.1) is 7.11 Å². The van der Waals surface area contributed by atoms with Crippen molar-refractivity contribution >= 4 is 0 Å². The average Bonchev–Trinajstić information content (AvgIpc) is 2.40. The second kappa shape index (κ2) is 5.62. The maximum atomic E-state index is 5.10. The molecule has 0 heterocycles. The first-order valence-corrected chi connectivity index (χ1v) is 5.69. The predicted octanol–water partition coefficient (Wildman–Crippen LogP) is 3.35. The van der Waals surface area contributed by atoms with E-state index in [2.05, 4.69) is 48.5 Å². The normalized spacial score (nSPS) is 10.8. The first-order chi connectivity index (χ1) is 8.29. The summed E-state index contributed by atoms with van der Waals surface area (Å²) in [7, 11) is 3.60. The number of hydrogen-bond acceptors (Lipinski definition) is 2. The summed E-state index contributed by atoms with van der Waals surface area (Å²) in [5.74, 6) is 0. The Morgan fingerprint density at radius 2 is 1.47 bits per heavy atom. The minimum atomic E-state index is 0.797. The molecule has 0 aliphatic carbocycles. The van der Waals surface area contributed by atoms with Crippen LogP contribution in [-0.4, -0.2) is 19.2 Å². The van der Waals surface area contributed by atoms with Gasteiger partial charge in [0, 0.05) is 13.6 Å². The summed E-state index contributed by atoms with van der Waals surface area (Å²) in [5.41, 5.74) is 3.74. The standard InChI is InChI=1S/C15H17NO/c1-16(17-2)12-13-8-10-15(11-9-13)14-6-4-3-5-7-14/h3-11H,12H2,1-2H3. The lowest BCUT2D eigenvalue weighted by molar-refractivity contribution is -0.116. The minimum absolute atomic E-state index is 0.797. The molecule has 0 aliphatic rings. The van der Waals surface area contributed by atoms with Gasteiger partial charge in [0.2, 0.25) is 0 Å². The third-order valence-electron chi connectivity index (χ3n) is 2.78. The third-order valence-corrected chi connectivity index (χ3v) is 2.78. The van der Waals surface area contributed by atoms with E-state index >= 15 is 0 Å². The first kappa shape index (κ1) is 11.8. The monoisotopic (exact) mass is 227 g/mol. The van der Waals surface area contributed by atoms with Crippen LogP contribution in [0.25, 0.3) is 11.1 Å². The van der Waals surface area contributed by atoms with Crippen molar-refractivity contribution in [1.82, 2.24) is 5.06 Å². The van der Waals surface area contributed by atoms with Crippen molar-refractivity contribution in [3.05, 3.63) is 60.2 Å². The summed E-state index contributed by atoms with van der Waals surface area (Å²) in [6.45, 7) is 0.797. The fraction of sp³-hybridized carbons (Fsp3) is 0.200. The highest BCUT2D eigenvalue weighted by molar-refractivity contribution is 5.63.